The molecule has 0 aromatic heterocycles. The Morgan fingerprint density at radius 3 is 2.64 bits per heavy atom. The van der Waals surface area contributed by atoms with E-state index in [2.05, 4.69) is 5.32 Å². The summed E-state index contributed by atoms with van der Waals surface area (Å²) in [5.41, 5.74) is 2.17. The minimum Gasteiger partial charge on any atom is -0.381 e. The molecule has 0 spiro atoms. The molecule has 1 heterocycles. The van der Waals surface area contributed by atoms with E-state index in [1.54, 1.807) is 25.1 Å². The molecule has 25 heavy (non-hydrogen) atoms. The van der Waals surface area contributed by atoms with Crippen LogP contribution >= 0.6 is 0 Å². The molecule has 0 atom stereocenters. The summed E-state index contributed by atoms with van der Waals surface area (Å²) < 4.78 is 45.7. The van der Waals surface area contributed by atoms with Gasteiger partial charge >= 0.3 is 0 Å². The van der Waals surface area contributed by atoms with Crippen LogP contribution in [0.15, 0.2) is 47.4 Å². The number of rotatable bonds is 5. The highest BCUT2D eigenvalue weighted by Crippen LogP contribution is 2.24. The molecule has 0 bridgehead atoms. The maximum absolute atomic E-state index is 13.2. The smallest absolute Gasteiger partial charge is 0.243 e. The van der Waals surface area contributed by atoms with Crippen molar-refractivity contribution in [2.75, 3.05) is 31.6 Å². The van der Waals surface area contributed by atoms with Gasteiger partial charge in [-0.2, -0.15) is 4.31 Å². The molecule has 0 unspecified atom stereocenters. The molecule has 0 amide bonds. The fraction of sp³-hybridized carbons (Fsp3) is 0.333. The first-order valence-electron chi connectivity index (χ1n) is 8.14. The number of benzene rings is 2. The number of nitrogens with one attached hydrogen (secondary N) is 1. The van der Waals surface area contributed by atoms with Crippen molar-refractivity contribution in [2.24, 2.45) is 0 Å². The molecule has 0 radical (unpaired) electrons. The van der Waals surface area contributed by atoms with Gasteiger partial charge in [0.1, 0.15) is 5.82 Å². The maximum Gasteiger partial charge on any atom is 0.243 e. The average Bonchev–Trinajstić information content (AvgIpc) is 2.62. The summed E-state index contributed by atoms with van der Waals surface area (Å²) in [6.07, 6.45) is 0. The minimum atomic E-state index is -3.55. The van der Waals surface area contributed by atoms with Crippen LogP contribution in [0.4, 0.5) is 10.1 Å². The highest BCUT2D eigenvalue weighted by molar-refractivity contribution is 7.89. The number of hydrogen-bond acceptors (Lipinski definition) is 4. The molecule has 1 saturated heterocycles. The lowest BCUT2D eigenvalue weighted by atomic mass is 10.2. The summed E-state index contributed by atoms with van der Waals surface area (Å²) in [7, 11) is -3.55. The Kier molecular flexibility index (Phi) is 5.36. The van der Waals surface area contributed by atoms with Gasteiger partial charge in [0.25, 0.3) is 0 Å². The first-order valence-corrected chi connectivity index (χ1v) is 9.58. The van der Waals surface area contributed by atoms with Gasteiger partial charge in [-0.25, -0.2) is 12.8 Å². The first-order chi connectivity index (χ1) is 12.0. The molecular formula is C18H21FN2O3S. The average molecular weight is 364 g/mol. The predicted octanol–water partition coefficient (Wildman–Crippen LogP) is 2.77. The molecule has 2 aromatic carbocycles. The Labute approximate surface area is 147 Å². The number of sulfonamides is 1. The third-order valence-electron chi connectivity index (χ3n) is 4.16. The van der Waals surface area contributed by atoms with Crippen molar-refractivity contribution in [1.82, 2.24) is 4.31 Å². The molecule has 5 nitrogen and oxygen atoms in total. The van der Waals surface area contributed by atoms with Crippen LogP contribution < -0.4 is 5.32 Å². The Bertz CT molecular complexity index is 849. The second-order valence-electron chi connectivity index (χ2n) is 5.98. The normalized spacial score (nSPS) is 15.9. The zero-order valence-electron chi connectivity index (χ0n) is 14.0. The van der Waals surface area contributed by atoms with Crippen LogP contribution in [0, 0.1) is 12.7 Å². The van der Waals surface area contributed by atoms with Crippen molar-refractivity contribution in [3.05, 3.63) is 59.4 Å². The van der Waals surface area contributed by atoms with Gasteiger partial charge in [0.15, 0.2) is 0 Å². The third kappa shape index (κ3) is 4.18. The first kappa shape index (κ1) is 17.8. The Morgan fingerprint density at radius 2 is 1.92 bits per heavy atom. The summed E-state index contributed by atoms with van der Waals surface area (Å²) in [5, 5.41) is 3.16. The van der Waals surface area contributed by atoms with Crippen LogP contribution in [-0.2, 0) is 21.3 Å². The van der Waals surface area contributed by atoms with Crippen LogP contribution in [0.3, 0.4) is 0 Å². The lowest BCUT2D eigenvalue weighted by molar-refractivity contribution is 0.0730. The van der Waals surface area contributed by atoms with Crippen molar-refractivity contribution in [3.63, 3.8) is 0 Å². The molecule has 3 rings (SSSR count). The summed E-state index contributed by atoms with van der Waals surface area (Å²) in [4.78, 5) is 0.290. The predicted molar refractivity (Wildman–Crippen MR) is 94.5 cm³/mol. The highest BCUT2D eigenvalue weighted by atomic mass is 32.2. The van der Waals surface area contributed by atoms with E-state index in [1.807, 2.05) is 12.1 Å². The topological polar surface area (TPSA) is 58.6 Å². The second kappa shape index (κ2) is 7.51. The van der Waals surface area contributed by atoms with Crippen LogP contribution in [0.1, 0.15) is 11.1 Å². The van der Waals surface area contributed by atoms with Crippen LogP contribution in [0.2, 0.25) is 0 Å². The number of hydrogen-bond donors (Lipinski definition) is 1. The van der Waals surface area contributed by atoms with Crippen molar-refractivity contribution in [1.29, 1.82) is 0 Å². The van der Waals surface area contributed by atoms with E-state index in [1.165, 1.54) is 16.4 Å². The van der Waals surface area contributed by atoms with E-state index in [0.29, 0.717) is 49.0 Å². The van der Waals surface area contributed by atoms with Gasteiger partial charge in [-0.05, 0) is 42.3 Å². The number of morpholine rings is 1. The fourth-order valence-electron chi connectivity index (χ4n) is 2.77. The number of halogens is 1. The van der Waals surface area contributed by atoms with Crippen molar-refractivity contribution in [2.45, 2.75) is 18.4 Å². The number of ether oxygens (including phenoxy) is 1. The molecule has 1 N–H and O–H groups in total. The quantitative estimate of drug-likeness (QED) is 0.886. The van der Waals surface area contributed by atoms with Gasteiger partial charge in [0, 0.05) is 25.3 Å². The molecule has 0 saturated carbocycles. The van der Waals surface area contributed by atoms with Gasteiger partial charge in [-0.3, -0.25) is 0 Å². The van der Waals surface area contributed by atoms with Gasteiger partial charge in [-0.15, -0.1) is 0 Å². The van der Waals surface area contributed by atoms with Gasteiger partial charge in [0.05, 0.1) is 18.1 Å². The lowest BCUT2D eigenvalue weighted by Crippen LogP contribution is -2.40. The molecule has 7 heteroatoms. The molecule has 2 aromatic rings. The highest BCUT2D eigenvalue weighted by Gasteiger charge is 2.27. The number of nitrogens with zero attached hydrogens (tertiary/aromatic N) is 1. The zero-order valence-corrected chi connectivity index (χ0v) is 14.9. The summed E-state index contributed by atoms with van der Waals surface area (Å²) >= 11 is 0. The summed E-state index contributed by atoms with van der Waals surface area (Å²) in [6, 6.07) is 11.5. The Balaban J connectivity index is 1.80. The Morgan fingerprint density at radius 1 is 1.16 bits per heavy atom. The monoisotopic (exact) mass is 364 g/mol. The molecular weight excluding hydrogens is 343 g/mol. The van der Waals surface area contributed by atoms with Crippen LogP contribution in [0.5, 0.6) is 0 Å². The van der Waals surface area contributed by atoms with E-state index >= 15 is 0 Å². The van der Waals surface area contributed by atoms with Crippen molar-refractivity contribution < 1.29 is 17.5 Å². The third-order valence-corrected chi connectivity index (χ3v) is 6.20. The molecule has 1 aliphatic heterocycles. The fourth-order valence-corrected chi connectivity index (χ4v) is 4.42. The van der Waals surface area contributed by atoms with Crippen molar-refractivity contribution >= 4 is 15.7 Å². The lowest BCUT2D eigenvalue weighted by Gasteiger charge is -2.27. The molecule has 134 valence electrons. The van der Waals surface area contributed by atoms with Gasteiger partial charge in [0.2, 0.25) is 10.0 Å². The Hall–Kier alpha value is -1.96. The summed E-state index contributed by atoms with van der Waals surface area (Å²) in [6.45, 7) is 3.75. The number of anilines is 1. The van der Waals surface area contributed by atoms with Gasteiger partial charge in [-0.1, -0.05) is 18.2 Å². The van der Waals surface area contributed by atoms with E-state index in [9.17, 15) is 12.8 Å². The zero-order chi connectivity index (χ0) is 17.9. The van der Waals surface area contributed by atoms with E-state index in [-0.39, 0.29) is 5.82 Å². The minimum absolute atomic E-state index is 0.290. The van der Waals surface area contributed by atoms with Crippen LogP contribution in [0.25, 0.3) is 0 Å². The standard InChI is InChI=1S/C18H21FN2O3S/c1-14-5-6-17(20-13-15-3-2-4-16(19)11-15)12-18(14)25(22,23)21-7-9-24-10-8-21/h2-6,11-12,20H,7-10,13H2,1H3. The molecule has 1 aliphatic rings. The van der Waals surface area contributed by atoms with E-state index in [0.717, 1.165) is 5.56 Å². The summed E-state index contributed by atoms with van der Waals surface area (Å²) in [5.74, 6) is -0.293. The van der Waals surface area contributed by atoms with E-state index < -0.39 is 10.0 Å². The number of aryl methyl sites for hydroxylation is 1. The van der Waals surface area contributed by atoms with Crippen molar-refractivity contribution in [3.8, 4) is 0 Å². The van der Waals surface area contributed by atoms with Gasteiger partial charge < -0.3 is 10.1 Å². The maximum atomic E-state index is 13.2. The van der Waals surface area contributed by atoms with Crippen LogP contribution in [-0.4, -0.2) is 39.0 Å². The second-order valence-corrected chi connectivity index (χ2v) is 7.89. The van der Waals surface area contributed by atoms with E-state index in [4.69, 9.17) is 4.74 Å². The SMILES string of the molecule is Cc1ccc(NCc2cccc(F)c2)cc1S(=O)(=O)N1CCOCC1. The molecule has 0 aliphatic carbocycles. The molecule has 1 fully saturated rings. The largest absolute Gasteiger partial charge is 0.381 e.